The number of benzene rings is 1. The van der Waals surface area contributed by atoms with Gasteiger partial charge >= 0.3 is 0 Å². The van der Waals surface area contributed by atoms with Crippen molar-refractivity contribution < 1.29 is 14.2 Å². The first-order valence-corrected chi connectivity index (χ1v) is 11.7. The zero-order chi connectivity index (χ0) is 22.1. The SMILES string of the molecule is CCC(C)Oc1cc(C)ccc1CNC(=NC)NCC(C1CCOC1)N1CCOCC1.I. The fourth-order valence-electron chi connectivity index (χ4n) is 4.18. The lowest BCUT2D eigenvalue weighted by atomic mass is 9.97. The molecule has 8 heteroatoms. The van der Waals surface area contributed by atoms with Crippen LogP contribution in [0.5, 0.6) is 5.75 Å². The summed E-state index contributed by atoms with van der Waals surface area (Å²) in [4.78, 5) is 6.99. The molecular weight excluding hydrogens is 519 g/mol. The molecule has 1 aromatic carbocycles. The fourth-order valence-corrected chi connectivity index (χ4v) is 4.18. The highest BCUT2D eigenvalue weighted by Crippen LogP contribution is 2.23. The summed E-state index contributed by atoms with van der Waals surface area (Å²) in [5.74, 6) is 2.31. The van der Waals surface area contributed by atoms with Gasteiger partial charge in [-0.05, 0) is 38.3 Å². The summed E-state index contributed by atoms with van der Waals surface area (Å²) in [6.45, 7) is 13.2. The molecule has 1 aromatic rings. The Labute approximate surface area is 210 Å². The molecule has 2 aliphatic rings. The average Bonchev–Trinajstić information content (AvgIpc) is 3.32. The minimum Gasteiger partial charge on any atom is -0.490 e. The maximum Gasteiger partial charge on any atom is 0.191 e. The predicted molar refractivity (Wildman–Crippen MR) is 140 cm³/mol. The summed E-state index contributed by atoms with van der Waals surface area (Å²) < 4.78 is 17.4. The molecule has 0 amide bonds. The molecule has 0 aromatic heterocycles. The quantitative estimate of drug-likeness (QED) is 0.275. The Morgan fingerprint density at radius 2 is 2.00 bits per heavy atom. The number of guanidine groups is 1. The summed E-state index contributed by atoms with van der Waals surface area (Å²) in [5.41, 5.74) is 2.35. The van der Waals surface area contributed by atoms with E-state index in [1.54, 1.807) is 0 Å². The standard InChI is InChI=1S/C24H40N4O3.HI/c1-5-19(3)31-23-14-18(2)6-7-20(23)15-26-24(25-4)27-16-22(21-8-11-30-17-21)28-9-12-29-13-10-28;/h6-7,14,19,21-22H,5,8-13,15-17H2,1-4H3,(H2,25,26,27);1H. The number of morpholine rings is 1. The number of aliphatic imine (C=N–C) groups is 1. The first kappa shape index (κ1) is 27.1. The zero-order valence-electron chi connectivity index (χ0n) is 20.1. The van der Waals surface area contributed by atoms with Gasteiger partial charge in [0.15, 0.2) is 5.96 Å². The topological polar surface area (TPSA) is 67.3 Å². The Bertz CT molecular complexity index is 706. The van der Waals surface area contributed by atoms with Gasteiger partial charge in [-0.2, -0.15) is 0 Å². The van der Waals surface area contributed by atoms with E-state index in [1.807, 2.05) is 7.05 Å². The van der Waals surface area contributed by atoms with Crippen LogP contribution in [0.1, 0.15) is 37.8 Å². The summed E-state index contributed by atoms with van der Waals surface area (Å²) in [6, 6.07) is 6.81. The minimum atomic E-state index is 0. The number of ether oxygens (including phenoxy) is 3. The van der Waals surface area contributed by atoms with E-state index in [4.69, 9.17) is 14.2 Å². The van der Waals surface area contributed by atoms with Gasteiger partial charge < -0.3 is 24.8 Å². The Balaban J connectivity index is 0.00000363. The Morgan fingerprint density at radius 3 is 2.66 bits per heavy atom. The van der Waals surface area contributed by atoms with Gasteiger partial charge in [-0.25, -0.2) is 0 Å². The molecule has 0 saturated carbocycles. The largest absolute Gasteiger partial charge is 0.490 e. The van der Waals surface area contributed by atoms with Crippen molar-refractivity contribution in [2.45, 2.75) is 52.3 Å². The molecule has 2 N–H and O–H groups in total. The molecule has 0 spiro atoms. The highest BCUT2D eigenvalue weighted by Gasteiger charge is 2.31. The molecule has 3 atom stereocenters. The monoisotopic (exact) mass is 560 g/mol. The number of hydrogen-bond donors (Lipinski definition) is 2. The highest BCUT2D eigenvalue weighted by molar-refractivity contribution is 14.0. The van der Waals surface area contributed by atoms with Crippen LogP contribution in [0.2, 0.25) is 0 Å². The lowest BCUT2D eigenvalue weighted by molar-refractivity contribution is 0.00246. The van der Waals surface area contributed by atoms with Gasteiger partial charge in [-0.1, -0.05) is 19.1 Å². The van der Waals surface area contributed by atoms with Crippen LogP contribution in [0.15, 0.2) is 23.2 Å². The number of rotatable bonds is 9. The van der Waals surface area contributed by atoms with Crippen LogP contribution in [0, 0.1) is 12.8 Å². The molecule has 0 bridgehead atoms. The van der Waals surface area contributed by atoms with Crippen LogP contribution < -0.4 is 15.4 Å². The van der Waals surface area contributed by atoms with E-state index in [0.29, 0.717) is 18.5 Å². The second-order valence-electron chi connectivity index (χ2n) is 8.59. The van der Waals surface area contributed by atoms with Crippen molar-refractivity contribution in [1.82, 2.24) is 15.5 Å². The number of hydrogen-bond acceptors (Lipinski definition) is 5. The third-order valence-electron chi connectivity index (χ3n) is 6.30. The van der Waals surface area contributed by atoms with Gasteiger partial charge in [0.05, 0.1) is 25.9 Å². The van der Waals surface area contributed by atoms with Gasteiger partial charge in [-0.15, -0.1) is 24.0 Å². The average molecular weight is 561 g/mol. The lowest BCUT2D eigenvalue weighted by Gasteiger charge is -2.37. The second kappa shape index (κ2) is 14.2. The van der Waals surface area contributed by atoms with Crippen molar-refractivity contribution in [3.8, 4) is 5.75 Å². The van der Waals surface area contributed by atoms with Crippen molar-refractivity contribution >= 4 is 29.9 Å². The summed E-state index contributed by atoms with van der Waals surface area (Å²) in [7, 11) is 1.82. The molecule has 2 saturated heterocycles. The van der Waals surface area contributed by atoms with E-state index >= 15 is 0 Å². The molecule has 0 aliphatic carbocycles. The molecule has 3 unspecified atom stereocenters. The molecule has 32 heavy (non-hydrogen) atoms. The summed E-state index contributed by atoms with van der Waals surface area (Å²) in [6.07, 6.45) is 2.30. The smallest absolute Gasteiger partial charge is 0.191 e. The number of halogens is 1. The van der Waals surface area contributed by atoms with Crippen molar-refractivity contribution in [2.75, 3.05) is 53.1 Å². The zero-order valence-corrected chi connectivity index (χ0v) is 22.4. The third kappa shape index (κ3) is 8.04. The number of nitrogens with zero attached hydrogens (tertiary/aromatic N) is 2. The van der Waals surface area contributed by atoms with E-state index in [0.717, 1.165) is 76.2 Å². The van der Waals surface area contributed by atoms with Crippen LogP contribution in [-0.2, 0) is 16.0 Å². The van der Waals surface area contributed by atoms with Crippen LogP contribution >= 0.6 is 24.0 Å². The van der Waals surface area contributed by atoms with Gasteiger partial charge in [0.25, 0.3) is 0 Å². The molecule has 2 heterocycles. The minimum absolute atomic E-state index is 0. The first-order valence-electron chi connectivity index (χ1n) is 11.7. The molecular formula is C24H41IN4O3. The Kier molecular flexibility index (Phi) is 12.1. The van der Waals surface area contributed by atoms with Crippen molar-refractivity contribution in [2.24, 2.45) is 10.9 Å². The maximum absolute atomic E-state index is 6.15. The summed E-state index contributed by atoms with van der Waals surface area (Å²) in [5, 5.41) is 7.03. The van der Waals surface area contributed by atoms with E-state index in [1.165, 1.54) is 5.56 Å². The van der Waals surface area contributed by atoms with Gasteiger partial charge in [0.1, 0.15) is 5.75 Å². The number of nitrogens with one attached hydrogen (secondary N) is 2. The number of aryl methyl sites for hydroxylation is 1. The Hall–Kier alpha value is -1.10. The van der Waals surface area contributed by atoms with E-state index in [9.17, 15) is 0 Å². The molecule has 182 valence electrons. The second-order valence-corrected chi connectivity index (χ2v) is 8.59. The molecule has 0 radical (unpaired) electrons. The van der Waals surface area contributed by atoms with E-state index in [-0.39, 0.29) is 30.1 Å². The predicted octanol–water partition coefficient (Wildman–Crippen LogP) is 3.19. The van der Waals surface area contributed by atoms with E-state index in [2.05, 4.69) is 59.5 Å². The fraction of sp³-hybridized carbons (Fsp3) is 0.708. The maximum atomic E-state index is 6.15. The van der Waals surface area contributed by atoms with Crippen LogP contribution in [-0.4, -0.2) is 76.1 Å². The van der Waals surface area contributed by atoms with Gasteiger partial charge in [-0.3, -0.25) is 9.89 Å². The molecule has 2 fully saturated rings. The van der Waals surface area contributed by atoms with Crippen molar-refractivity contribution in [3.63, 3.8) is 0 Å². The third-order valence-corrected chi connectivity index (χ3v) is 6.30. The van der Waals surface area contributed by atoms with Crippen LogP contribution in [0.3, 0.4) is 0 Å². The van der Waals surface area contributed by atoms with Crippen LogP contribution in [0.4, 0.5) is 0 Å². The molecule has 3 rings (SSSR count). The summed E-state index contributed by atoms with van der Waals surface area (Å²) >= 11 is 0. The van der Waals surface area contributed by atoms with Crippen molar-refractivity contribution in [1.29, 1.82) is 0 Å². The van der Waals surface area contributed by atoms with Gasteiger partial charge in [0.2, 0.25) is 0 Å². The van der Waals surface area contributed by atoms with Crippen LogP contribution in [0.25, 0.3) is 0 Å². The van der Waals surface area contributed by atoms with Crippen molar-refractivity contribution in [3.05, 3.63) is 29.3 Å². The first-order chi connectivity index (χ1) is 15.1. The molecule has 2 aliphatic heterocycles. The Morgan fingerprint density at radius 1 is 1.22 bits per heavy atom. The van der Waals surface area contributed by atoms with E-state index < -0.39 is 0 Å². The normalized spacial score (nSPS) is 21.5. The molecule has 7 nitrogen and oxygen atoms in total. The highest BCUT2D eigenvalue weighted by atomic mass is 127. The van der Waals surface area contributed by atoms with Gasteiger partial charge in [0, 0.05) is 57.4 Å². The lowest BCUT2D eigenvalue weighted by Crippen LogP contribution is -2.53.